The lowest BCUT2D eigenvalue weighted by Gasteiger charge is -2.35. The summed E-state index contributed by atoms with van der Waals surface area (Å²) in [5, 5.41) is 12.0. The van der Waals surface area contributed by atoms with Crippen LogP contribution < -0.4 is 5.32 Å². The van der Waals surface area contributed by atoms with Crippen LogP contribution in [0, 0.1) is 11.8 Å². The van der Waals surface area contributed by atoms with Crippen molar-refractivity contribution in [3.05, 3.63) is 0 Å². The van der Waals surface area contributed by atoms with Gasteiger partial charge in [0.05, 0.1) is 24.5 Å². The lowest BCUT2D eigenvalue weighted by molar-refractivity contribution is -0.140. The zero-order chi connectivity index (χ0) is 14.2. The van der Waals surface area contributed by atoms with Crippen LogP contribution in [0.3, 0.4) is 0 Å². The van der Waals surface area contributed by atoms with E-state index < -0.39 is 11.5 Å². The van der Waals surface area contributed by atoms with E-state index in [-0.39, 0.29) is 36.4 Å². The largest absolute Gasteiger partial charge is 0.481 e. The molecular weight excluding hydrogens is 246 g/mol. The van der Waals surface area contributed by atoms with Crippen molar-refractivity contribution >= 4 is 11.9 Å². The molecule has 2 rings (SSSR count). The topological polar surface area (TPSA) is 75.6 Å². The molecule has 4 atom stereocenters. The highest BCUT2D eigenvalue weighted by atomic mass is 16.5. The summed E-state index contributed by atoms with van der Waals surface area (Å²) in [4.78, 5) is 23.3. The molecule has 1 amide bonds. The van der Waals surface area contributed by atoms with E-state index in [4.69, 9.17) is 9.84 Å². The Hall–Kier alpha value is -1.10. The van der Waals surface area contributed by atoms with Crippen LogP contribution in [-0.4, -0.2) is 34.7 Å². The number of carboxylic acids is 1. The number of amides is 1. The second-order valence-corrected chi connectivity index (χ2v) is 6.35. The minimum Gasteiger partial charge on any atom is -0.481 e. The van der Waals surface area contributed by atoms with E-state index in [1.807, 2.05) is 13.8 Å². The molecule has 0 aliphatic carbocycles. The highest BCUT2D eigenvalue weighted by molar-refractivity contribution is 5.81. The van der Waals surface area contributed by atoms with Crippen LogP contribution in [0.1, 0.15) is 46.5 Å². The van der Waals surface area contributed by atoms with E-state index in [1.165, 1.54) is 0 Å². The highest BCUT2D eigenvalue weighted by Crippen LogP contribution is 2.39. The van der Waals surface area contributed by atoms with Crippen molar-refractivity contribution in [3.63, 3.8) is 0 Å². The molecule has 2 N–H and O–H groups in total. The highest BCUT2D eigenvalue weighted by Gasteiger charge is 2.46. The zero-order valence-corrected chi connectivity index (χ0v) is 11.8. The molecule has 0 aromatic rings. The standard InChI is InChI=1S/C14H23NO4/c1-8(2)14(3,7-12(16)17)15-13(18)10-6-9-4-5-11(10)19-9/h8-11H,4-7H2,1-3H3,(H,15,18)(H,16,17). The van der Waals surface area contributed by atoms with Crippen molar-refractivity contribution in [3.8, 4) is 0 Å². The van der Waals surface area contributed by atoms with Gasteiger partial charge in [0.25, 0.3) is 0 Å². The predicted molar refractivity (Wildman–Crippen MR) is 69.6 cm³/mol. The monoisotopic (exact) mass is 269 g/mol. The fourth-order valence-corrected chi connectivity index (χ4v) is 2.99. The molecule has 0 aromatic carbocycles. The van der Waals surface area contributed by atoms with E-state index in [9.17, 15) is 9.59 Å². The average Bonchev–Trinajstić information content (AvgIpc) is 2.88. The molecule has 4 unspecified atom stereocenters. The maximum absolute atomic E-state index is 12.4. The summed E-state index contributed by atoms with van der Waals surface area (Å²) in [5.41, 5.74) is -0.704. The van der Waals surface area contributed by atoms with Crippen molar-refractivity contribution in [2.24, 2.45) is 11.8 Å². The molecule has 2 aliphatic rings. The summed E-state index contributed by atoms with van der Waals surface area (Å²) in [6, 6.07) is 0. The minimum atomic E-state index is -0.888. The molecule has 5 nitrogen and oxygen atoms in total. The fourth-order valence-electron chi connectivity index (χ4n) is 2.99. The van der Waals surface area contributed by atoms with Crippen molar-refractivity contribution in [2.45, 2.75) is 64.2 Å². The van der Waals surface area contributed by atoms with Crippen molar-refractivity contribution in [1.82, 2.24) is 5.32 Å². The summed E-state index contributed by atoms with van der Waals surface area (Å²) in [6.07, 6.45) is 2.97. The van der Waals surface area contributed by atoms with E-state index in [0.29, 0.717) is 0 Å². The number of fused-ring (bicyclic) bond motifs is 2. The number of carbonyl (C=O) groups is 2. The number of aliphatic carboxylic acids is 1. The first-order valence-electron chi connectivity index (χ1n) is 7.01. The number of hydrogen-bond acceptors (Lipinski definition) is 3. The third kappa shape index (κ3) is 2.91. The van der Waals surface area contributed by atoms with Crippen LogP contribution in [0.2, 0.25) is 0 Å². The Morgan fingerprint density at radius 2 is 2.11 bits per heavy atom. The molecule has 0 spiro atoms. The Kier molecular flexibility index (Phi) is 3.85. The van der Waals surface area contributed by atoms with Crippen LogP contribution in [-0.2, 0) is 14.3 Å². The summed E-state index contributed by atoms with van der Waals surface area (Å²) in [5.74, 6) is -0.983. The number of carboxylic acid groups (broad SMARTS) is 1. The smallest absolute Gasteiger partial charge is 0.305 e. The third-order valence-corrected chi connectivity index (χ3v) is 4.64. The van der Waals surface area contributed by atoms with E-state index >= 15 is 0 Å². The second kappa shape index (κ2) is 5.12. The van der Waals surface area contributed by atoms with Crippen LogP contribution in [0.5, 0.6) is 0 Å². The van der Waals surface area contributed by atoms with Crippen molar-refractivity contribution in [1.29, 1.82) is 0 Å². The molecular formula is C14H23NO4. The minimum absolute atomic E-state index is 0.0336. The molecule has 0 radical (unpaired) electrons. The molecule has 2 saturated heterocycles. The molecule has 2 bridgehead atoms. The van der Waals surface area contributed by atoms with E-state index in [1.54, 1.807) is 6.92 Å². The molecule has 2 fully saturated rings. The number of rotatable bonds is 5. The SMILES string of the molecule is CC(C)C(C)(CC(=O)O)NC(=O)C1CC2CCC1O2. The molecule has 2 aliphatic heterocycles. The Labute approximate surface area is 113 Å². The first-order chi connectivity index (χ1) is 8.82. The summed E-state index contributed by atoms with van der Waals surface area (Å²) in [6.45, 7) is 5.67. The summed E-state index contributed by atoms with van der Waals surface area (Å²) in [7, 11) is 0. The van der Waals surface area contributed by atoms with Gasteiger partial charge >= 0.3 is 5.97 Å². The molecule has 5 heteroatoms. The molecule has 19 heavy (non-hydrogen) atoms. The Balaban J connectivity index is 2.01. The predicted octanol–water partition coefficient (Wildman–Crippen LogP) is 1.56. The molecule has 0 saturated carbocycles. The van der Waals surface area contributed by atoms with Gasteiger partial charge in [-0.15, -0.1) is 0 Å². The van der Waals surface area contributed by atoms with Gasteiger partial charge in [0, 0.05) is 5.54 Å². The normalized spacial score (nSPS) is 32.3. The fraction of sp³-hybridized carbons (Fsp3) is 0.857. The third-order valence-electron chi connectivity index (χ3n) is 4.64. The van der Waals surface area contributed by atoms with Gasteiger partial charge < -0.3 is 15.2 Å². The maximum Gasteiger partial charge on any atom is 0.305 e. The number of hydrogen-bond donors (Lipinski definition) is 2. The van der Waals surface area contributed by atoms with Gasteiger partial charge in [-0.2, -0.15) is 0 Å². The van der Waals surface area contributed by atoms with Gasteiger partial charge in [-0.3, -0.25) is 9.59 Å². The average molecular weight is 269 g/mol. The number of carbonyl (C=O) groups excluding carboxylic acids is 1. The zero-order valence-electron chi connectivity index (χ0n) is 11.8. The lowest BCUT2D eigenvalue weighted by atomic mass is 9.83. The Morgan fingerprint density at radius 1 is 1.42 bits per heavy atom. The van der Waals surface area contributed by atoms with Gasteiger partial charge in [-0.25, -0.2) is 0 Å². The summed E-state index contributed by atoms with van der Waals surface area (Å²) >= 11 is 0. The van der Waals surface area contributed by atoms with Gasteiger partial charge in [-0.05, 0) is 32.1 Å². The van der Waals surface area contributed by atoms with Crippen LogP contribution in [0.15, 0.2) is 0 Å². The summed E-state index contributed by atoms with van der Waals surface area (Å²) < 4.78 is 5.68. The van der Waals surface area contributed by atoms with E-state index in [0.717, 1.165) is 19.3 Å². The van der Waals surface area contributed by atoms with Crippen LogP contribution >= 0.6 is 0 Å². The van der Waals surface area contributed by atoms with Crippen LogP contribution in [0.25, 0.3) is 0 Å². The van der Waals surface area contributed by atoms with Crippen LogP contribution in [0.4, 0.5) is 0 Å². The van der Waals surface area contributed by atoms with Gasteiger partial charge in [0.2, 0.25) is 5.91 Å². The Bertz CT molecular complexity index is 382. The van der Waals surface area contributed by atoms with Crippen molar-refractivity contribution < 1.29 is 19.4 Å². The number of nitrogens with one attached hydrogen (secondary N) is 1. The van der Waals surface area contributed by atoms with Crippen molar-refractivity contribution in [2.75, 3.05) is 0 Å². The van der Waals surface area contributed by atoms with Gasteiger partial charge in [0.15, 0.2) is 0 Å². The quantitative estimate of drug-likeness (QED) is 0.794. The second-order valence-electron chi connectivity index (χ2n) is 6.35. The van der Waals surface area contributed by atoms with Gasteiger partial charge in [-0.1, -0.05) is 13.8 Å². The maximum atomic E-state index is 12.4. The Morgan fingerprint density at radius 3 is 2.53 bits per heavy atom. The molecule has 2 heterocycles. The molecule has 0 aromatic heterocycles. The molecule has 108 valence electrons. The van der Waals surface area contributed by atoms with Gasteiger partial charge in [0.1, 0.15) is 0 Å². The first-order valence-corrected chi connectivity index (χ1v) is 7.01. The lowest BCUT2D eigenvalue weighted by Crippen LogP contribution is -2.54. The first kappa shape index (κ1) is 14.3. The number of ether oxygens (including phenoxy) is 1. The van der Waals surface area contributed by atoms with E-state index in [2.05, 4.69) is 5.32 Å².